The van der Waals surface area contributed by atoms with E-state index < -0.39 is 0 Å². The molecule has 0 bridgehead atoms. The highest BCUT2D eigenvalue weighted by Gasteiger charge is 2.38. The Kier molecular flexibility index (Phi) is 3.32. The molecule has 0 unspecified atom stereocenters. The Balaban J connectivity index is 3.23. The topological polar surface area (TPSA) is 37.4 Å². The maximum atomic E-state index is 12.0. The van der Waals surface area contributed by atoms with Gasteiger partial charge in [0.2, 0.25) is 0 Å². The molecule has 2 amide bonds. The van der Waals surface area contributed by atoms with Gasteiger partial charge >= 0.3 is 0 Å². The van der Waals surface area contributed by atoms with Gasteiger partial charge in [0.1, 0.15) is 0 Å². The zero-order valence-corrected chi connectivity index (χ0v) is 10.1. The van der Waals surface area contributed by atoms with Crippen LogP contribution in [0.2, 0.25) is 0 Å². The number of amides is 2. The molecule has 15 heavy (non-hydrogen) atoms. The molecule has 84 valence electrons. The molecule has 0 saturated heterocycles. The number of hydrogen-bond acceptors (Lipinski definition) is 2. The molecule has 1 heterocycles. The molecule has 1 aliphatic heterocycles. The Morgan fingerprint density at radius 3 is 1.47 bits per heavy atom. The number of carbonyl (C=O) groups is 2. The van der Waals surface area contributed by atoms with Crippen LogP contribution in [0, 0.1) is 11.8 Å². The van der Waals surface area contributed by atoms with Crippen LogP contribution in [0.15, 0.2) is 11.1 Å². The maximum Gasteiger partial charge on any atom is 0.257 e. The van der Waals surface area contributed by atoms with E-state index in [0.29, 0.717) is 17.7 Å². The zero-order valence-electron chi connectivity index (χ0n) is 10.1. The van der Waals surface area contributed by atoms with E-state index in [1.54, 1.807) is 0 Å². The molecular formula is C12H19NO2. The van der Waals surface area contributed by atoms with E-state index in [9.17, 15) is 9.59 Å². The van der Waals surface area contributed by atoms with Gasteiger partial charge in [-0.3, -0.25) is 14.5 Å². The molecule has 0 aliphatic carbocycles. The van der Waals surface area contributed by atoms with Gasteiger partial charge in [-0.15, -0.1) is 0 Å². The SMILES string of the molecule is CCN1C(=O)C(C(C)C)=C(C(C)C)C1=O. The summed E-state index contributed by atoms with van der Waals surface area (Å²) in [6.07, 6.45) is 0. The van der Waals surface area contributed by atoms with Crippen molar-refractivity contribution in [1.82, 2.24) is 4.90 Å². The molecule has 0 aromatic rings. The largest absolute Gasteiger partial charge is 0.275 e. The molecule has 0 N–H and O–H groups in total. The Labute approximate surface area is 91.1 Å². The fourth-order valence-electron chi connectivity index (χ4n) is 2.02. The van der Waals surface area contributed by atoms with Gasteiger partial charge in [0.05, 0.1) is 0 Å². The summed E-state index contributed by atoms with van der Waals surface area (Å²) >= 11 is 0. The van der Waals surface area contributed by atoms with Gasteiger partial charge in [0.25, 0.3) is 11.8 Å². The molecule has 0 radical (unpaired) electrons. The van der Waals surface area contributed by atoms with Crippen molar-refractivity contribution in [1.29, 1.82) is 0 Å². The molecule has 0 fully saturated rings. The van der Waals surface area contributed by atoms with Crippen molar-refractivity contribution >= 4 is 11.8 Å². The van der Waals surface area contributed by atoms with E-state index >= 15 is 0 Å². The minimum absolute atomic E-state index is 0.0961. The lowest BCUT2D eigenvalue weighted by Gasteiger charge is -2.12. The van der Waals surface area contributed by atoms with Crippen molar-refractivity contribution in [3.05, 3.63) is 11.1 Å². The smallest absolute Gasteiger partial charge is 0.257 e. The summed E-state index contributed by atoms with van der Waals surface area (Å²) in [5.74, 6) is 0.0493. The van der Waals surface area contributed by atoms with Gasteiger partial charge in [-0.2, -0.15) is 0 Å². The number of rotatable bonds is 3. The molecule has 1 aliphatic rings. The van der Waals surface area contributed by atoms with Crippen molar-refractivity contribution in [3.63, 3.8) is 0 Å². The van der Waals surface area contributed by atoms with Crippen LogP contribution in [0.3, 0.4) is 0 Å². The predicted molar refractivity (Wildman–Crippen MR) is 59.1 cm³/mol. The molecule has 3 nitrogen and oxygen atoms in total. The lowest BCUT2D eigenvalue weighted by atomic mass is 9.92. The first-order valence-electron chi connectivity index (χ1n) is 5.52. The van der Waals surface area contributed by atoms with Gasteiger partial charge in [0.15, 0.2) is 0 Å². The van der Waals surface area contributed by atoms with Crippen molar-refractivity contribution in [2.24, 2.45) is 11.8 Å². The molecule has 1 rings (SSSR count). The highest BCUT2D eigenvalue weighted by molar-refractivity contribution is 6.19. The van der Waals surface area contributed by atoms with Crippen molar-refractivity contribution in [3.8, 4) is 0 Å². The second kappa shape index (κ2) is 4.17. The van der Waals surface area contributed by atoms with Crippen LogP contribution >= 0.6 is 0 Å². The normalized spacial score (nSPS) is 17.7. The van der Waals surface area contributed by atoms with Gasteiger partial charge in [0, 0.05) is 17.7 Å². The Bertz CT molecular complexity index is 297. The van der Waals surface area contributed by atoms with Crippen molar-refractivity contribution in [2.75, 3.05) is 6.54 Å². The van der Waals surface area contributed by atoms with Gasteiger partial charge in [-0.1, -0.05) is 27.7 Å². The molecular weight excluding hydrogens is 190 g/mol. The second-order valence-electron chi connectivity index (χ2n) is 4.49. The van der Waals surface area contributed by atoms with E-state index in [0.717, 1.165) is 0 Å². The second-order valence-corrected chi connectivity index (χ2v) is 4.49. The first kappa shape index (κ1) is 12.0. The molecule has 0 aromatic heterocycles. The summed E-state index contributed by atoms with van der Waals surface area (Å²) in [7, 11) is 0. The van der Waals surface area contributed by atoms with Crippen LogP contribution in [0.1, 0.15) is 34.6 Å². The first-order valence-corrected chi connectivity index (χ1v) is 5.52. The van der Waals surface area contributed by atoms with Crippen molar-refractivity contribution in [2.45, 2.75) is 34.6 Å². The summed E-state index contributed by atoms with van der Waals surface area (Å²) in [6, 6.07) is 0. The Morgan fingerprint density at radius 1 is 0.933 bits per heavy atom. The van der Waals surface area contributed by atoms with Crippen LogP contribution in [0.5, 0.6) is 0 Å². The average molecular weight is 209 g/mol. The van der Waals surface area contributed by atoms with Crippen LogP contribution < -0.4 is 0 Å². The van der Waals surface area contributed by atoms with E-state index in [1.807, 2.05) is 34.6 Å². The maximum absolute atomic E-state index is 12.0. The molecule has 0 aromatic carbocycles. The predicted octanol–water partition coefficient (Wildman–Crippen LogP) is 1.98. The summed E-state index contributed by atoms with van der Waals surface area (Å²) in [5.41, 5.74) is 1.41. The number of imide groups is 1. The number of likely N-dealkylation sites (N-methyl/N-ethyl adjacent to an activating group) is 1. The number of carbonyl (C=O) groups excluding carboxylic acids is 2. The number of hydrogen-bond donors (Lipinski definition) is 0. The lowest BCUT2D eigenvalue weighted by Crippen LogP contribution is -2.32. The third-order valence-electron chi connectivity index (χ3n) is 2.71. The highest BCUT2D eigenvalue weighted by atomic mass is 16.2. The fraction of sp³-hybridized carbons (Fsp3) is 0.667. The summed E-state index contributed by atoms with van der Waals surface area (Å²) in [4.78, 5) is 25.2. The standard InChI is InChI=1S/C12H19NO2/c1-6-13-11(14)9(7(2)3)10(8(4)5)12(13)15/h7-8H,6H2,1-5H3. The summed E-state index contributed by atoms with van der Waals surface area (Å²) in [5, 5.41) is 0. The monoisotopic (exact) mass is 209 g/mol. The minimum Gasteiger partial charge on any atom is -0.275 e. The average Bonchev–Trinajstić information content (AvgIpc) is 2.37. The van der Waals surface area contributed by atoms with Crippen LogP contribution in [0.25, 0.3) is 0 Å². The minimum atomic E-state index is -0.0961. The van der Waals surface area contributed by atoms with Gasteiger partial charge in [-0.05, 0) is 18.8 Å². The van der Waals surface area contributed by atoms with Gasteiger partial charge < -0.3 is 0 Å². The quantitative estimate of drug-likeness (QED) is 0.666. The van der Waals surface area contributed by atoms with E-state index in [1.165, 1.54) is 4.90 Å². The Hall–Kier alpha value is -1.12. The summed E-state index contributed by atoms with van der Waals surface area (Å²) < 4.78 is 0. The van der Waals surface area contributed by atoms with E-state index in [-0.39, 0.29) is 23.7 Å². The third kappa shape index (κ3) is 1.83. The molecule has 0 spiro atoms. The van der Waals surface area contributed by atoms with Gasteiger partial charge in [-0.25, -0.2) is 0 Å². The summed E-state index contributed by atoms with van der Waals surface area (Å²) in [6.45, 7) is 10.1. The lowest BCUT2D eigenvalue weighted by molar-refractivity contribution is -0.137. The first-order chi connectivity index (χ1) is 6.91. The Morgan fingerprint density at radius 2 is 1.27 bits per heavy atom. The van der Waals surface area contributed by atoms with Crippen molar-refractivity contribution < 1.29 is 9.59 Å². The van der Waals surface area contributed by atoms with Crippen LogP contribution in [-0.2, 0) is 9.59 Å². The van der Waals surface area contributed by atoms with Crippen LogP contribution in [0.4, 0.5) is 0 Å². The molecule has 0 atom stereocenters. The highest BCUT2D eigenvalue weighted by Crippen LogP contribution is 2.30. The molecule has 0 saturated carbocycles. The molecule has 3 heteroatoms. The fourth-order valence-corrected chi connectivity index (χ4v) is 2.02. The van der Waals surface area contributed by atoms with E-state index in [4.69, 9.17) is 0 Å². The van der Waals surface area contributed by atoms with E-state index in [2.05, 4.69) is 0 Å². The zero-order chi connectivity index (χ0) is 11.7. The number of nitrogens with zero attached hydrogens (tertiary/aromatic N) is 1. The van der Waals surface area contributed by atoms with Crippen LogP contribution in [-0.4, -0.2) is 23.3 Å². The third-order valence-corrected chi connectivity index (χ3v) is 2.71.